The summed E-state index contributed by atoms with van der Waals surface area (Å²) in [6.45, 7) is 6.09. The van der Waals surface area contributed by atoms with E-state index >= 15 is 0 Å². The molecule has 104 valence electrons. The molecule has 1 atom stereocenters. The van der Waals surface area contributed by atoms with Crippen LogP contribution >= 0.6 is 22.9 Å². The zero-order valence-electron chi connectivity index (χ0n) is 11.6. The van der Waals surface area contributed by atoms with Crippen LogP contribution < -0.4 is 5.32 Å². The molecule has 2 rings (SSSR count). The predicted octanol–water partition coefficient (Wildman–Crippen LogP) is 3.09. The molecule has 0 saturated heterocycles. The maximum Gasteiger partial charge on any atom is 0.134 e. The summed E-state index contributed by atoms with van der Waals surface area (Å²) in [7, 11) is 2.15. The minimum atomic E-state index is 0.495. The molecule has 0 aliphatic rings. The van der Waals surface area contributed by atoms with Crippen molar-refractivity contribution in [3.63, 3.8) is 0 Å². The number of likely N-dealkylation sites (N-methyl/N-ethyl adjacent to an activating group) is 1. The summed E-state index contributed by atoms with van der Waals surface area (Å²) in [5.74, 6) is 0. The normalized spacial score (nSPS) is 12.8. The van der Waals surface area contributed by atoms with Gasteiger partial charge >= 0.3 is 0 Å². The summed E-state index contributed by atoms with van der Waals surface area (Å²) in [6, 6.07) is 4.80. The van der Waals surface area contributed by atoms with Gasteiger partial charge in [-0.15, -0.1) is 16.4 Å². The van der Waals surface area contributed by atoms with E-state index in [1.54, 1.807) is 0 Å². The lowest BCUT2D eigenvalue weighted by molar-refractivity contribution is 0.246. The Balaban J connectivity index is 1.92. The number of anilines is 1. The lowest BCUT2D eigenvalue weighted by atomic mass is 10.2. The zero-order valence-corrected chi connectivity index (χ0v) is 13.2. The number of nitrogens with one attached hydrogen (secondary N) is 1. The van der Waals surface area contributed by atoms with Gasteiger partial charge in [-0.1, -0.05) is 10.6 Å². The fourth-order valence-corrected chi connectivity index (χ4v) is 3.34. The van der Waals surface area contributed by atoms with E-state index in [1.165, 1.54) is 16.4 Å². The molecule has 2 aromatic rings. The molecule has 0 aromatic carbocycles. The summed E-state index contributed by atoms with van der Waals surface area (Å²) in [5.41, 5.74) is 1.05. The van der Waals surface area contributed by atoms with Crippen molar-refractivity contribution >= 4 is 27.9 Å². The molecule has 6 heteroatoms. The first-order valence-corrected chi connectivity index (χ1v) is 8.13. The van der Waals surface area contributed by atoms with Crippen LogP contribution in [0, 0.1) is 0 Å². The van der Waals surface area contributed by atoms with Gasteiger partial charge in [0.25, 0.3) is 0 Å². The molecule has 19 heavy (non-hydrogen) atoms. The first-order valence-electron chi connectivity index (χ1n) is 6.48. The van der Waals surface area contributed by atoms with Gasteiger partial charge in [0, 0.05) is 35.5 Å². The Hall–Kier alpha value is -0.980. The molecule has 1 unspecified atom stereocenters. The molecular formula is C13H20N4S2. The molecule has 0 aliphatic carbocycles. The van der Waals surface area contributed by atoms with Crippen LogP contribution in [-0.2, 0) is 13.0 Å². The van der Waals surface area contributed by atoms with E-state index in [0.29, 0.717) is 6.04 Å². The van der Waals surface area contributed by atoms with Crippen LogP contribution in [0.3, 0.4) is 0 Å². The van der Waals surface area contributed by atoms with Crippen molar-refractivity contribution in [3.8, 4) is 0 Å². The molecule has 0 saturated carbocycles. The molecule has 0 aliphatic heterocycles. The fourth-order valence-electron chi connectivity index (χ4n) is 1.87. The van der Waals surface area contributed by atoms with E-state index in [2.05, 4.69) is 58.2 Å². The van der Waals surface area contributed by atoms with Gasteiger partial charge in [-0.25, -0.2) is 0 Å². The largest absolute Gasteiger partial charge is 0.374 e. The summed E-state index contributed by atoms with van der Waals surface area (Å²) in [5, 5.41) is 10.8. The Morgan fingerprint density at radius 1 is 1.47 bits per heavy atom. The van der Waals surface area contributed by atoms with Crippen LogP contribution in [0.5, 0.6) is 0 Å². The molecule has 0 fully saturated rings. The van der Waals surface area contributed by atoms with Crippen molar-refractivity contribution < 1.29 is 0 Å². The SMILES string of the molecule is CCNc1snnc1CN(C)C(C)Cc1cccs1. The maximum absolute atomic E-state index is 4.22. The average molecular weight is 296 g/mol. The highest BCUT2D eigenvalue weighted by Gasteiger charge is 2.15. The summed E-state index contributed by atoms with van der Waals surface area (Å²) in [6.07, 6.45) is 1.09. The number of thiophene rings is 1. The summed E-state index contributed by atoms with van der Waals surface area (Å²) in [4.78, 5) is 3.76. The quantitative estimate of drug-likeness (QED) is 0.852. The third kappa shape index (κ3) is 3.99. The van der Waals surface area contributed by atoms with Gasteiger partial charge in [-0.3, -0.25) is 4.90 Å². The Labute approximate surface area is 122 Å². The third-order valence-corrected chi connectivity index (χ3v) is 4.75. The first kappa shape index (κ1) is 14.4. The highest BCUT2D eigenvalue weighted by molar-refractivity contribution is 7.10. The van der Waals surface area contributed by atoms with Crippen LogP contribution in [0.25, 0.3) is 0 Å². The van der Waals surface area contributed by atoms with Crippen molar-refractivity contribution in [3.05, 3.63) is 28.1 Å². The van der Waals surface area contributed by atoms with Gasteiger partial charge in [0.1, 0.15) is 10.7 Å². The van der Waals surface area contributed by atoms with E-state index in [4.69, 9.17) is 0 Å². The van der Waals surface area contributed by atoms with Gasteiger partial charge in [0.05, 0.1) is 0 Å². The van der Waals surface area contributed by atoms with E-state index in [0.717, 1.165) is 30.2 Å². The molecule has 2 heterocycles. The van der Waals surface area contributed by atoms with Crippen LogP contribution in [0.2, 0.25) is 0 Å². The first-order chi connectivity index (χ1) is 9.20. The third-order valence-electron chi connectivity index (χ3n) is 3.12. The van der Waals surface area contributed by atoms with Crippen molar-refractivity contribution in [2.45, 2.75) is 32.9 Å². The number of nitrogens with zero attached hydrogens (tertiary/aromatic N) is 3. The molecule has 0 bridgehead atoms. The smallest absolute Gasteiger partial charge is 0.134 e. The predicted molar refractivity (Wildman–Crippen MR) is 83.0 cm³/mol. The average Bonchev–Trinajstić information content (AvgIpc) is 3.02. The second-order valence-corrected chi connectivity index (χ2v) is 6.41. The number of hydrogen-bond acceptors (Lipinski definition) is 6. The van der Waals surface area contributed by atoms with Gasteiger partial charge in [0.2, 0.25) is 0 Å². The highest BCUT2D eigenvalue weighted by Crippen LogP contribution is 2.20. The van der Waals surface area contributed by atoms with Crippen molar-refractivity contribution in [1.29, 1.82) is 0 Å². The number of hydrogen-bond donors (Lipinski definition) is 1. The van der Waals surface area contributed by atoms with Crippen LogP contribution in [0.1, 0.15) is 24.4 Å². The van der Waals surface area contributed by atoms with Crippen molar-refractivity contribution in [2.24, 2.45) is 0 Å². The lowest BCUT2D eigenvalue weighted by Gasteiger charge is -2.23. The van der Waals surface area contributed by atoms with Crippen LogP contribution in [-0.4, -0.2) is 34.1 Å². The van der Waals surface area contributed by atoms with E-state index in [9.17, 15) is 0 Å². The van der Waals surface area contributed by atoms with Crippen LogP contribution in [0.15, 0.2) is 17.5 Å². The summed E-state index contributed by atoms with van der Waals surface area (Å²) >= 11 is 3.26. The second-order valence-electron chi connectivity index (χ2n) is 4.63. The van der Waals surface area contributed by atoms with Crippen LogP contribution in [0.4, 0.5) is 5.00 Å². The van der Waals surface area contributed by atoms with Crippen molar-refractivity contribution in [1.82, 2.24) is 14.5 Å². The molecule has 4 nitrogen and oxygen atoms in total. The molecule has 1 N–H and O–H groups in total. The number of rotatable bonds is 7. The van der Waals surface area contributed by atoms with Crippen molar-refractivity contribution in [2.75, 3.05) is 18.9 Å². The minimum absolute atomic E-state index is 0.495. The monoisotopic (exact) mass is 296 g/mol. The van der Waals surface area contributed by atoms with Gasteiger partial charge in [-0.2, -0.15) is 0 Å². The zero-order chi connectivity index (χ0) is 13.7. The standard InChI is InChI=1S/C13H20N4S2/c1-4-14-13-12(15-16-19-13)9-17(3)10(2)8-11-6-5-7-18-11/h5-7,10,14H,4,8-9H2,1-3H3. The van der Waals surface area contributed by atoms with E-state index in [-0.39, 0.29) is 0 Å². The highest BCUT2D eigenvalue weighted by atomic mass is 32.1. The Morgan fingerprint density at radius 2 is 2.32 bits per heavy atom. The molecule has 0 spiro atoms. The molecular weight excluding hydrogens is 276 g/mol. The number of aromatic nitrogens is 2. The van der Waals surface area contributed by atoms with E-state index < -0.39 is 0 Å². The summed E-state index contributed by atoms with van der Waals surface area (Å²) < 4.78 is 4.03. The minimum Gasteiger partial charge on any atom is -0.374 e. The second kappa shape index (κ2) is 6.98. The van der Waals surface area contributed by atoms with Gasteiger partial charge in [-0.05, 0) is 38.8 Å². The fraction of sp³-hybridized carbons (Fsp3) is 0.538. The Morgan fingerprint density at radius 3 is 3.00 bits per heavy atom. The Kier molecular flexibility index (Phi) is 5.30. The Bertz CT molecular complexity index is 481. The van der Waals surface area contributed by atoms with Gasteiger partial charge < -0.3 is 5.32 Å². The molecule has 0 amide bonds. The van der Waals surface area contributed by atoms with Gasteiger partial charge in [0.15, 0.2) is 0 Å². The van der Waals surface area contributed by atoms with E-state index in [1.807, 2.05) is 11.3 Å². The maximum atomic E-state index is 4.22. The topological polar surface area (TPSA) is 41.1 Å². The molecule has 2 aromatic heterocycles. The lowest BCUT2D eigenvalue weighted by Crippen LogP contribution is -2.30. The molecule has 0 radical (unpaired) electrons.